The normalized spacial score (nSPS) is 20.9. The molecule has 2 N–H and O–H groups in total. The molecule has 6 rings (SSSR count). The van der Waals surface area contributed by atoms with Gasteiger partial charge >= 0.3 is 5.51 Å². The van der Waals surface area contributed by atoms with Crippen LogP contribution in [-0.2, 0) is 0 Å². The number of alkyl halides is 3. The first kappa shape index (κ1) is 37.3. The molecular formula is C38H48F3N5OS3. The van der Waals surface area contributed by atoms with Crippen molar-refractivity contribution in [2.24, 2.45) is 5.92 Å². The van der Waals surface area contributed by atoms with Crippen LogP contribution in [0.15, 0.2) is 87.5 Å². The number of nitrogens with one attached hydrogen (secondary N) is 2. The summed E-state index contributed by atoms with van der Waals surface area (Å²) in [5.74, 6) is 1.22. The maximum atomic E-state index is 13.8. The molecule has 50 heavy (non-hydrogen) atoms. The van der Waals surface area contributed by atoms with Gasteiger partial charge in [0.15, 0.2) is 0 Å². The number of carbonyl (C=O) groups excluding carboxylic acids is 1. The van der Waals surface area contributed by atoms with Gasteiger partial charge in [-0.3, -0.25) is 14.4 Å². The Morgan fingerprint density at radius 1 is 0.960 bits per heavy atom. The van der Waals surface area contributed by atoms with Crippen molar-refractivity contribution in [2.45, 2.75) is 84.3 Å². The van der Waals surface area contributed by atoms with Gasteiger partial charge in [-0.15, -0.1) is 11.8 Å². The van der Waals surface area contributed by atoms with Gasteiger partial charge in [-0.2, -0.15) is 13.2 Å². The van der Waals surface area contributed by atoms with E-state index >= 15 is 0 Å². The SMILES string of the molecule is CCC(C)N1CCN(CCC(CSc2ccccc2)Nc2ccc(SNC(=O)c3ccc(N4CC5CCC4C5)cc3)cc2SC(F)(F)F)CC1. The number of carbonyl (C=O) groups is 1. The zero-order valence-electron chi connectivity index (χ0n) is 28.8. The number of amides is 1. The molecule has 6 nitrogen and oxygen atoms in total. The number of rotatable bonds is 15. The summed E-state index contributed by atoms with van der Waals surface area (Å²) < 4.78 is 44.3. The summed E-state index contributed by atoms with van der Waals surface area (Å²) in [7, 11) is 0. The molecule has 1 amide bonds. The number of hydrogen-bond donors (Lipinski definition) is 2. The van der Waals surface area contributed by atoms with E-state index in [0.717, 1.165) is 86.3 Å². The van der Waals surface area contributed by atoms with Crippen LogP contribution in [0.5, 0.6) is 0 Å². The Bertz CT molecular complexity index is 1540. The largest absolute Gasteiger partial charge is 0.446 e. The molecule has 12 heteroatoms. The molecule has 4 atom stereocenters. The molecular weight excluding hydrogens is 696 g/mol. The predicted octanol–water partition coefficient (Wildman–Crippen LogP) is 9.10. The van der Waals surface area contributed by atoms with Gasteiger partial charge in [0.25, 0.3) is 5.91 Å². The first-order valence-electron chi connectivity index (χ1n) is 17.8. The summed E-state index contributed by atoms with van der Waals surface area (Å²) in [4.78, 5) is 22.2. The topological polar surface area (TPSA) is 50.9 Å². The van der Waals surface area contributed by atoms with Gasteiger partial charge in [0.1, 0.15) is 0 Å². The van der Waals surface area contributed by atoms with E-state index in [9.17, 15) is 18.0 Å². The summed E-state index contributed by atoms with van der Waals surface area (Å²) >= 11 is 2.63. The van der Waals surface area contributed by atoms with Crippen LogP contribution in [0.1, 0.15) is 56.3 Å². The molecule has 2 heterocycles. The van der Waals surface area contributed by atoms with Crippen molar-refractivity contribution in [3.63, 3.8) is 0 Å². The lowest BCUT2D eigenvalue weighted by Gasteiger charge is -2.38. The average molecular weight is 744 g/mol. The van der Waals surface area contributed by atoms with Gasteiger partial charge in [0.05, 0.1) is 0 Å². The van der Waals surface area contributed by atoms with E-state index in [-0.39, 0.29) is 28.6 Å². The highest BCUT2D eigenvalue weighted by Gasteiger charge is 2.37. The Hall–Kier alpha value is -2.51. The van der Waals surface area contributed by atoms with E-state index in [1.807, 2.05) is 42.5 Å². The molecule has 0 aromatic heterocycles. The summed E-state index contributed by atoms with van der Waals surface area (Å²) in [6.07, 6.45) is 5.74. The number of hydrogen-bond acceptors (Lipinski definition) is 8. The Kier molecular flexibility index (Phi) is 12.9. The minimum atomic E-state index is -4.46. The second-order valence-electron chi connectivity index (χ2n) is 13.7. The average Bonchev–Trinajstić information content (AvgIpc) is 3.77. The third kappa shape index (κ3) is 10.3. The maximum Gasteiger partial charge on any atom is 0.446 e. The van der Waals surface area contributed by atoms with Crippen molar-refractivity contribution in [3.8, 4) is 0 Å². The highest BCUT2D eigenvalue weighted by molar-refractivity contribution is 8.00. The van der Waals surface area contributed by atoms with Crippen molar-refractivity contribution in [2.75, 3.05) is 55.2 Å². The van der Waals surface area contributed by atoms with E-state index in [4.69, 9.17) is 0 Å². The minimum absolute atomic E-state index is 0.0442. The van der Waals surface area contributed by atoms with Crippen molar-refractivity contribution in [1.82, 2.24) is 14.5 Å². The summed E-state index contributed by atoms with van der Waals surface area (Å²) in [6.45, 7) is 10.5. The van der Waals surface area contributed by atoms with E-state index in [1.54, 1.807) is 23.9 Å². The van der Waals surface area contributed by atoms with Gasteiger partial charge in [-0.1, -0.05) is 25.1 Å². The van der Waals surface area contributed by atoms with Crippen molar-refractivity contribution >= 4 is 52.8 Å². The Morgan fingerprint density at radius 3 is 2.38 bits per heavy atom. The van der Waals surface area contributed by atoms with Crippen molar-refractivity contribution in [1.29, 1.82) is 0 Å². The fraction of sp³-hybridized carbons (Fsp3) is 0.500. The van der Waals surface area contributed by atoms with Crippen LogP contribution in [0.25, 0.3) is 0 Å². The Morgan fingerprint density at radius 2 is 1.72 bits per heavy atom. The van der Waals surface area contributed by atoms with Crippen LogP contribution in [0.2, 0.25) is 0 Å². The molecule has 3 fully saturated rings. The molecule has 0 spiro atoms. The third-order valence-corrected chi connectivity index (χ3v) is 13.0. The number of piperidine rings is 1. The van der Waals surface area contributed by atoms with Gasteiger partial charge in [0, 0.05) is 94.8 Å². The van der Waals surface area contributed by atoms with Gasteiger partial charge < -0.3 is 15.1 Å². The zero-order chi connectivity index (χ0) is 35.1. The number of nitrogens with zero attached hydrogens (tertiary/aromatic N) is 3. The highest BCUT2D eigenvalue weighted by atomic mass is 32.2. The highest BCUT2D eigenvalue weighted by Crippen LogP contribution is 2.43. The molecule has 3 aromatic carbocycles. The minimum Gasteiger partial charge on any atom is -0.381 e. The number of thioether (sulfide) groups is 2. The van der Waals surface area contributed by atoms with Gasteiger partial charge in [-0.05, 0) is 123 Å². The Labute approximate surface area is 307 Å². The molecule has 4 unspecified atom stereocenters. The van der Waals surface area contributed by atoms with Gasteiger partial charge in [-0.25, -0.2) is 0 Å². The lowest BCUT2D eigenvalue weighted by Crippen LogP contribution is -2.50. The third-order valence-electron chi connectivity index (χ3n) is 10.3. The number of benzene rings is 3. The number of piperazine rings is 1. The number of halogens is 3. The van der Waals surface area contributed by atoms with E-state index in [1.165, 1.54) is 25.3 Å². The quantitative estimate of drug-likeness (QED) is 0.118. The molecule has 3 aromatic rings. The van der Waals surface area contributed by atoms with Crippen LogP contribution < -0.4 is 14.9 Å². The lowest BCUT2D eigenvalue weighted by molar-refractivity contribution is -0.0328. The molecule has 2 bridgehead atoms. The van der Waals surface area contributed by atoms with E-state index < -0.39 is 5.51 Å². The smallest absolute Gasteiger partial charge is 0.381 e. The Balaban J connectivity index is 1.09. The predicted molar refractivity (Wildman–Crippen MR) is 204 cm³/mol. The molecule has 270 valence electrons. The monoisotopic (exact) mass is 743 g/mol. The van der Waals surface area contributed by atoms with E-state index in [0.29, 0.717) is 28.2 Å². The van der Waals surface area contributed by atoms with Crippen LogP contribution in [0.3, 0.4) is 0 Å². The van der Waals surface area contributed by atoms with Crippen molar-refractivity contribution in [3.05, 3.63) is 78.4 Å². The summed E-state index contributed by atoms with van der Waals surface area (Å²) in [6, 6.07) is 23.9. The molecule has 1 aliphatic carbocycles. The zero-order valence-corrected chi connectivity index (χ0v) is 31.3. The standard InChI is InChI=1S/C38H48F3N5OS3/c1-3-27(2)45-21-19-44(20-22-45)18-17-30(26-48-33-7-5-4-6-8-33)42-35-16-15-34(24-36(35)49-38(39,40)41)50-43-37(47)29-10-13-31(14-11-29)46-25-28-9-12-32(46)23-28/h4-8,10-11,13-16,24,27-28,30,32,42H,3,9,12,17-23,25-26H2,1-2H3,(H,43,47). The fourth-order valence-electron chi connectivity index (χ4n) is 7.26. The van der Waals surface area contributed by atoms with Crippen LogP contribution in [0, 0.1) is 5.92 Å². The fourth-order valence-corrected chi connectivity index (χ4v) is 9.64. The van der Waals surface area contributed by atoms with Gasteiger partial charge in [0.2, 0.25) is 0 Å². The summed E-state index contributed by atoms with van der Waals surface area (Å²) in [5, 5.41) is 3.49. The number of fused-ring (bicyclic) bond motifs is 2. The first-order chi connectivity index (χ1) is 24.1. The van der Waals surface area contributed by atoms with Crippen molar-refractivity contribution < 1.29 is 18.0 Å². The second kappa shape index (κ2) is 17.3. The second-order valence-corrected chi connectivity index (χ2v) is 16.7. The summed E-state index contributed by atoms with van der Waals surface area (Å²) in [5.41, 5.74) is -2.34. The number of anilines is 2. The van der Waals surface area contributed by atoms with Crippen LogP contribution in [0.4, 0.5) is 24.5 Å². The molecule has 1 saturated carbocycles. The van der Waals surface area contributed by atoms with E-state index in [2.05, 4.69) is 50.7 Å². The molecule has 2 saturated heterocycles. The molecule has 0 radical (unpaired) electrons. The molecule has 2 aliphatic heterocycles. The first-order valence-corrected chi connectivity index (χ1v) is 20.4. The van der Waals surface area contributed by atoms with Crippen LogP contribution in [-0.4, -0.2) is 84.4 Å². The van der Waals surface area contributed by atoms with Crippen LogP contribution >= 0.6 is 35.5 Å². The lowest BCUT2D eigenvalue weighted by atomic mass is 10.1. The molecule has 3 aliphatic rings. The maximum absolute atomic E-state index is 13.8.